The molecule has 0 saturated heterocycles. The number of aryl methyl sites for hydroxylation is 1. The molecule has 0 atom stereocenters. The summed E-state index contributed by atoms with van der Waals surface area (Å²) < 4.78 is 0. The van der Waals surface area contributed by atoms with Crippen molar-refractivity contribution in [1.82, 2.24) is 4.98 Å². The van der Waals surface area contributed by atoms with Crippen molar-refractivity contribution >= 4 is 28.7 Å². The normalized spacial score (nSPS) is 11.2. The van der Waals surface area contributed by atoms with Gasteiger partial charge in [-0.25, -0.2) is 4.98 Å². The van der Waals surface area contributed by atoms with Gasteiger partial charge in [-0.1, -0.05) is 37.3 Å². The molecule has 134 valence electrons. The van der Waals surface area contributed by atoms with Crippen molar-refractivity contribution in [2.45, 2.75) is 13.3 Å². The maximum Gasteiger partial charge on any atom is 0.311 e. The summed E-state index contributed by atoms with van der Waals surface area (Å²) in [5.74, 6) is -0.414. The molecule has 6 nitrogen and oxygen atoms in total. The van der Waals surface area contributed by atoms with Crippen LogP contribution in [0.4, 0.5) is 5.69 Å². The Kier molecular flexibility index (Phi) is 5.29. The number of nitrogens with zero attached hydrogens (tertiary/aromatic N) is 3. The average molecular weight is 377 g/mol. The lowest BCUT2D eigenvalue weighted by atomic mass is 10.1. The van der Waals surface area contributed by atoms with Gasteiger partial charge in [0, 0.05) is 17.0 Å². The third-order valence-electron chi connectivity index (χ3n) is 4.02. The van der Waals surface area contributed by atoms with Crippen molar-refractivity contribution in [2.75, 3.05) is 0 Å². The molecule has 2 aromatic carbocycles. The lowest BCUT2D eigenvalue weighted by Gasteiger charge is -2.00. The molecular formula is C20H15N3O3S. The van der Waals surface area contributed by atoms with Gasteiger partial charge in [0.05, 0.1) is 16.2 Å². The van der Waals surface area contributed by atoms with Crippen molar-refractivity contribution in [2.24, 2.45) is 0 Å². The Labute approximate surface area is 159 Å². The lowest BCUT2D eigenvalue weighted by Crippen LogP contribution is -1.89. The zero-order valence-electron chi connectivity index (χ0n) is 14.4. The molecule has 1 aromatic heterocycles. The fourth-order valence-corrected chi connectivity index (χ4v) is 3.32. The van der Waals surface area contributed by atoms with Gasteiger partial charge in [-0.3, -0.25) is 10.1 Å². The molecule has 7 heteroatoms. The second-order valence-corrected chi connectivity index (χ2v) is 6.62. The number of hydrogen-bond acceptors (Lipinski definition) is 6. The van der Waals surface area contributed by atoms with Gasteiger partial charge in [0.15, 0.2) is 5.75 Å². The highest BCUT2D eigenvalue weighted by Gasteiger charge is 2.14. The Balaban J connectivity index is 1.93. The van der Waals surface area contributed by atoms with Crippen LogP contribution >= 0.6 is 11.3 Å². The number of phenols is 1. The molecule has 3 aromatic rings. The second-order valence-electron chi connectivity index (χ2n) is 5.76. The third-order valence-corrected chi connectivity index (χ3v) is 4.90. The van der Waals surface area contributed by atoms with Crippen LogP contribution in [-0.2, 0) is 6.42 Å². The van der Waals surface area contributed by atoms with Crippen molar-refractivity contribution < 1.29 is 10.0 Å². The quantitative estimate of drug-likeness (QED) is 0.381. The Morgan fingerprint density at radius 2 is 2.07 bits per heavy atom. The monoisotopic (exact) mass is 377 g/mol. The minimum Gasteiger partial charge on any atom is -0.502 e. The summed E-state index contributed by atoms with van der Waals surface area (Å²) in [5.41, 5.74) is 3.32. The smallest absolute Gasteiger partial charge is 0.311 e. The number of benzene rings is 2. The number of phenolic OH excluding ortho intramolecular Hbond substituents is 1. The summed E-state index contributed by atoms with van der Waals surface area (Å²) in [6, 6.07) is 14.2. The van der Waals surface area contributed by atoms with Crippen molar-refractivity contribution in [3.63, 3.8) is 0 Å². The molecule has 1 heterocycles. The highest BCUT2D eigenvalue weighted by atomic mass is 32.1. The third kappa shape index (κ3) is 4.02. The maximum absolute atomic E-state index is 11.0. The first-order chi connectivity index (χ1) is 13.0. The SMILES string of the molecule is CCc1ccc(-c2csc(/C(C#N)=C\c3ccc(O)c([N+](=O)[O-])c3)n2)cc1. The van der Waals surface area contributed by atoms with Crippen LogP contribution in [0.5, 0.6) is 5.75 Å². The van der Waals surface area contributed by atoms with E-state index in [2.05, 4.69) is 18.0 Å². The standard InChI is InChI=1S/C20H15N3O3S/c1-2-13-3-6-15(7-4-13)17-12-27-20(22-17)16(11-21)9-14-5-8-19(24)18(10-14)23(25)26/h3-10,12,24H,2H2,1H3/b16-9-. The van der Waals surface area contributed by atoms with Crippen LogP contribution in [0, 0.1) is 21.4 Å². The predicted molar refractivity (Wildman–Crippen MR) is 105 cm³/mol. The Morgan fingerprint density at radius 1 is 1.33 bits per heavy atom. The largest absolute Gasteiger partial charge is 0.502 e. The van der Waals surface area contributed by atoms with E-state index in [0.29, 0.717) is 16.1 Å². The summed E-state index contributed by atoms with van der Waals surface area (Å²) in [6.07, 6.45) is 2.48. The molecule has 0 aliphatic rings. The molecular weight excluding hydrogens is 362 g/mol. The van der Waals surface area contributed by atoms with Crippen LogP contribution in [0.3, 0.4) is 0 Å². The van der Waals surface area contributed by atoms with Gasteiger partial charge in [0.2, 0.25) is 0 Å². The van der Waals surface area contributed by atoms with E-state index in [1.807, 2.05) is 29.6 Å². The first-order valence-electron chi connectivity index (χ1n) is 8.16. The Bertz CT molecular complexity index is 1060. The number of thiazole rings is 1. The molecule has 3 rings (SSSR count). The van der Waals surface area contributed by atoms with Gasteiger partial charge in [-0.05, 0) is 29.7 Å². The summed E-state index contributed by atoms with van der Waals surface area (Å²) in [4.78, 5) is 14.8. The van der Waals surface area contributed by atoms with Gasteiger partial charge in [0.25, 0.3) is 0 Å². The number of nitro benzene ring substituents is 1. The van der Waals surface area contributed by atoms with E-state index < -0.39 is 16.4 Å². The second kappa shape index (κ2) is 7.81. The van der Waals surface area contributed by atoms with Crippen molar-refractivity contribution in [1.29, 1.82) is 5.26 Å². The van der Waals surface area contributed by atoms with E-state index in [4.69, 9.17) is 0 Å². The van der Waals surface area contributed by atoms with Crippen molar-refractivity contribution in [3.05, 3.63) is 74.1 Å². The van der Waals surface area contributed by atoms with Crippen LogP contribution in [0.15, 0.2) is 47.8 Å². The van der Waals surface area contributed by atoms with Gasteiger partial charge < -0.3 is 5.11 Å². The van der Waals surface area contributed by atoms with Crippen LogP contribution in [0.1, 0.15) is 23.1 Å². The lowest BCUT2D eigenvalue weighted by molar-refractivity contribution is -0.385. The first-order valence-corrected chi connectivity index (χ1v) is 9.04. The molecule has 0 aliphatic heterocycles. The fraction of sp³-hybridized carbons (Fsp3) is 0.100. The molecule has 0 spiro atoms. The zero-order chi connectivity index (χ0) is 19.4. The number of nitriles is 1. The molecule has 0 fully saturated rings. The fourth-order valence-electron chi connectivity index (χ4n) is 2.53. The van der Waals surface area contributed by atoms with Gasteiger partial charge >= 0.3 is 5.69 Å². The molecule has 0 aliphatic carbocycles. The van der Waals surface area contributed by atoms with E-state index in [-0.39, 0.29) is 0 Å². The summed E-state index contributed by atoms with van der Waals surface area (Å²) in [6.45, 7) is 2.09. The highest BCUT2D eigenvalue weighted by Crippen LogP contribution is 2.30. The van der Waals surface area contributed by atoms with E-state index in [1.54, 1.807) is 0 Å². The molecule has 0 bridgehead atoms. The van der Waals surface area contributed by atoms with Gasteiger partial charge in [0.1, 0.15) is 11.1 Å². The topological polar surface area (TPSA) is 100 Å². The Morgan fingerprint density at radius 3 is 2.70 bits per heavy atom. The van der Waals surface area contributed by atoms with Crippen LogP contribution < -0.4 is 0 Å². The van der Waals surface area contributed by atoms with E-state index in [0.717, 1.165) is 17.7 Å². The number of allylic oxidation sites excluding steroid dienone is 1. The summed E-state index contributed by atoms with van der Waals surface area (Å²) in [7, 11) is 0. The predicted octanol–water partition coefficient (Wildman–Crippen LogP) is 5.05. The van der Waals surface area contributed by atoms with E-state index in [1.165, 1.54) is 41.2 Å². The number of rotatable bonds is 5. The molecule has 27 heavy (non-hydrogen) atoms. The zero-order valence-corrected chi connectivity index (χ0v) is 15.2. The van der Waals surface area contributed by atoms with Crippen LogP contribution in [0.2, 0.25) is 0 Å². The number of hydrogen-bond donors (Lipinski definition) is 1. The minimum absolute atomic E-state index is 0.302. The first kappa shape index (κ1) is 18.3. The molecule has 1 N–H and O–H groups in total. The molecule has 0 saturated carbocycles. The van der Waals surface area contributed by atoms with E-state index in [9.17, 15) is 20.5 Å². The minimum atomic E-state index is -0.666. The summed E-state index contributed by atoms with van der Waals surface area (Å²) >= 11 is 1.33. The van der Waals surface area contributed by atoms with Gasteiger partial charge in [-0.15, -0.1) is 11.3 Å². The van der Waals surface area contributed by atoms with Gasteiger partial charge in [-0.2, -0.15) is 5.26 Å². The average Bonchev–Trinajstić information content (AvgIpc) is 3.17. The molecule has 0 amide bonds. The highest BCUT2D eigenvalue weighted by molar-refractivity contribution is 7.11. The molecule has 0 radical (unpaired) electrons. The number of nitro groups is 1. The van der Waals surface area contributed by atoms with Crippen molar-refractivity contribution in [3.8, 4) is 23.1 Å². The Hall–Kier alpha value is -3.50. The number of aromatic nitrogens is 1. The maximum atomic E-state index is 11.0. The van der Waals surface area contributed by atoms with Crippen LogP contribution in [0.25, 0.3) is 22.9 Å². The van der Waals surface area contributed by atoms with E-state index >= 15 is 0 Å². The van der Waals surface area contributed by atoms with Crippen LogP contribution in [-0.4, -0.2) is 15.0 Å². The summed E-state index contributed by atoms with van der Waals surface area (Å²) in [5, 5.41) is 32.4. The molecule has 0 unspecified atom stereocenters. The number of aromatic hydroxyl groups is 1.